The molecule has 68 valence electrons. The lowest BCUT2D eigenvalue weighted by Gasteiger charge is -2.01. The molecule has 0 heterocycles. The van der Waals surface area contributed by atoms with E-state index in [1.165, 1.54) is 0 Å². The van der Waals surface area contributed by atoms with E-state index in [1.807, 2.05) is 6.92 Å². The molecule has 0 N–H and O–H groups in total. The molecule has 0 aliphatic heterocycles. The van der Waals surface area contributed by atoms with Crippen molar-refractivity contribution in [3.63, 3.8) is 0 Å². The van der Waals surface area contributed by atoms with E-state index in [2.05, 4.69) is 6.58 Å². The number of esters is 1. The quantitative estimate of drug-likeness (QED) is 0.263. The zero-order valence-electron chi connectivity index (χ0n) is 7.29. The molecule has 0 aliphatic rings. The van der Waals surface area contributed by atoms with Gasteiger partial charge in [-0.25, -0.2) is 4.79 Å². The molecule has 0 aromatic heterocycles. The molecule has 0 radical (unpaired) electrons. The van der Waals surface area contributed by atoms with Crippen molar-refractivity contribution in [2.24, 2.45) is 0 Å². The Balaban J connectivity index is 3.10. The van der Waals surface area contributed by atoms with Gasteiger partial charge in [-0.15, -0.1) is 0 Å². The molecular weight excluding hydrogens is 156 g/mol. The van der Waals surface area contributed by atoms with Crippen LogP contribution in [0.2, 0.25) is 0 Å². The standard InChI is InChI=1S/C9H14O3/c1-3-6-11-7-5-8-12-9(10)4-2/h3-4,6H,2,5,7-8H2,1H3. The van der Waals surface area contributed by atoms with Gasteiger partial charge in [-0.3, -0.25) is 0 Å². The first-order valence-corrected chi connectivity index (χ1v) is 3.83. The Kier molecular flexibility index (Phi) is 7.03. The lowest BCUT2D eigenvalue weighted by molar-refractivity contribution is -0.138. The summed E-state index contributed by atoms with van der Waals surface area (Å²) in [6.45, 7) is 6.09. The van der Waals surface area contributed by atoms with Crippen molar-refractivity contribution in [1.82, 2.24) is 0 Å². The molecule has 0 unspecified atom stereocenters. The maximum atomic E-state index is 10.5. The van der Waals surface area contributed by atoms with Crippen LogP contribution >= 0.6 is 0 Å². The van der Waals surface area contributed by atoms with Gasteiger partial charge >= 0.3 is 5.97 Å². The highest BCUT2D eigenvalue weighted by Crippen LogP contribution is 1.87. The van der Waals surface area contributed by atoms with Crippen LogP contribution in [0.5, 0.6) is 0 Å². The smallest absolute Gasteiger partial charge is 0.330 e. The molecular formula is C9H14O3. The van der Waals surface area contributed by atoms with Crippen molar-refractivity contribution < 1.29 is 14.3 Å². The number of allylic oxidation sites excluding steroid dienone is 1. The third kappa shape index (κ3) is 6.86. The maximum Gasteiger partial charge on any atom is 0.330 e. The fraction of sp³-hybridized carbons (Fsp3) is 0.444. The molecule has 0 bridgehead atoms. The Morgan fingerprint density at radius 2 is 2.25 bits per heavy atom. The molecule has 0 atom stereocenters. The summed E-state index contributed by atoms with van der Waals surface area (Å²) in [5, 5.41) is 0. The highest BCUT2D eigenvalue weighted by Gasteiger charge is 1.93. The molecule has 0 saturated carbocycles. The van der Waals surface area contributed by atoms with Gasteiger partial charge in [0.05, 0.1) is 19.5 Å². The summed E-state index contributed by atoms with van der Waals surface area (Å²) in [6.07, 6.45) is 5.25. The largest absolute Gasteiger partial charge is 0.501 e. The number of ether oxygens (including phenoxy) is 2. The van der Waals surface area contributed by atoms with Crippen molar-refractivity contribution in [2.45, 2.75) is 13.3 Å². The van der Waals surface area contributed by atoms with Crippen LogP contribution in [0.4, 0.5) is 0 Å². The molecule has 0 aliphatic carbocycles. The average Bonchev–Trinajstić information content (AvgIpc) is 2.10. The summed E-state index contributed by atoms with van der Waals surface area (Å²) in [5.74, 6) is -0.388. The fourth-order valence-electron chi connectivity index (χ4n) is 0.538. The number of rotatable bonds is 6. The molecule has 0 spiro atoms. The Labute approximate surface area is 72.7 Å². The summed E-state index contributed by atoms with van der Waals surface area (Å²) in [5.41, 5.74) is 0. The lowest BCUT2D eigenvalue weighted by atomic mass is 10.5. The van der Waals surface area contributed by atoms with E-state index >= 15 is 0 Å². The van der Waals surface area contributed by atoms with E-state index in [-0.39, 0.29) is 5.97 Å². The van der Waals surface area contributed by atoms with E-state index < -0.39 is 0 Å². The van der Waals surface area contributed by atoms with E-state index in [0.29, 0.717) is 19.6 Å². The summed E-state index contributed by atoms with van der Waals surface area (Å²) in [7, 11) is 0. The summed E-state index contributed by atoms with van der Waals surface area (Å²) < 4.78 is 9.71. The lowest BCUT2D eigenvalue weighted by Crippen LogP contribution is -2.03. The van der Waals surface area contributed by atoms with Gasteiger partial charge in [0.1, 0.15) is 0 Å². The highest BCUT2D eigenvalue weighted by atomic mass is 16.5. The van der Waals surface area contributed by atoms with Gasteiger partial charge in [0.2, 0.25) is 0 Å². The van der Waals surface area contributed by atoms with Crippen molar-refractivity contribution in [2.75, 3.05) is 13.2 Å². The first-order valence-electron chi connectivity index (χ1n) is 3.83. The number of hydrogen-bond donors (Lipinski definition) is 0. The van der Waals surface area contributed by atoms with E-state index in [0.717, 1.165) is 6.08 Å². The second-order valence-corrected chi connectivity index (χ2v) is 2.07. The number of hydrogen-bond acceptors (Lipinski definition) is 3. The SMILES string of the molecule is C=CC(=O)OCCCOC=CC. The van der Waals surface area contributed by atoms with E-state index in [9.17, 15) is 4.79 Å². The van der Waals surface area contributed by atoms with Gasteiger partial charge in [-0.2, -0.15) is 0 Å². The van der Waals surface area contributed by atoms with Crippen LogP contribution in [0.3, 0.4) is 0 Å². The molecule has 3 heteroatoms. The minimum atomic E-state index is -0.388. The molecule has 0 fully saturated rings. The summed E-state index contributed by atoms with van der Waals surface area (Å²) in [6, 6.07) is 0. The normalized spacial score (nSPS) is 9.75. The van der Waals surface area contributed by atoms with Gasteiger partial charge in [0.25, 0.3) is 0 Å². The molecule has 3 nitrogen and oxygen atoms in total. The van der Waals surface area contributed by atoms with Crippen molar-refractivity contribution in [1.29, 1.82) is 0 Å². The van der Waals surface area contributed by atoms with Crippen LogP contribution in [-0.2, 0) is 14.3 Å². The van der Waals surface area contributed by atoms with Crippen LogP contribution in [0, 0.1) is 0 Å². The van der Waals surface area contributed by atoms with Gasteiger partial charge in [-0.1, -0.05) is 12.7 Å². The fourth-order valence-corrected chi connectivity index (χ4v) is 0.538. The minimum Gasteiger partial charge on any atom is -0.501 e. The second kappa shape index (κ2) is 7.85. The average molecular weight is 170 g/mol. The number of carbonyl (C=O) groups is 1. The van der Waals surface area contributed by atoms with Gasteiger partial charge in [0, 0.05) is 12.5 Å². The number of carbonyl (C=O) groups excluding carboxylic acids is 1. The third-order valence-corrected chi connectivity index (χ3v) is 1.05. The van der Waals surface area contributed by atoms with Crippen molar-refractivity contribution in [3.05, 3.63) is 25.0 Å². The topological polar surface area (TPSA) is 35.5 Å². The second-order valence-electron chi connectivity index (χ2n) is 2.07. The molecule has 12 heavy (non-hydrogen) atoms. The van der Waals surface area contributed by atoms with Gasteiger partial charge in [-0.05, 0) is 6.92 Å². The van der Waals surface area contributed by atoms with E-state index in [1.54, 1.807) is 12.3 Å². The third-order valence-electron chi connectivity index (χ3n) is 1.05. The zero-order valence-corrected chi connectivity index (χ0v) is 7.29. The predicted octanol–water partition coefficient (Wildman–Crippen LogP) is 1.66. The van der Waals surface area contributed by atoms with Crippen LogP contribution in [0.25, 0.3) is 0 Å². The van der Waals surface area contributed by atoms with Gasteiger partial charge < -0.3 is 9.47 Å². The van der Waals surface area contributed by atoms with Crippen LogP contribution in [0.15, 0.2) is 25.0 Å². The molecule has 0 aromatic rings. The van der Waals surface area contributed by atoms with Crippen LogP contribution in [-0.4, -0.2) is 19.2 Å². The monoisotopic (exact) mass is 170 g/mol. The first kappa shape index (κ1) is 10.8. The molecule has 0 aromatic carbocycles. The Hall–Kier alpha value is -1.25. The first-order chi connectivity index (χ1) is 5.81. The maximum absolute atomic E-state index is 10.5. The molecule has 0 rings (SSSR count). The summed E-state index contributed by atoms with van der Waals surface area (Å²) in [4.78, 5) is 10.5. The molecule has 0 amide bonds. The van der Waals surface area contributed by atoms with Crippen molar-refractivity contribution in [3.8, 4) is 0 Å². The Morgan fingerprint density at radius 3 is 2.83 bits per heavy atom. The molecule has 0 saturated heterocycles. The predicted molar refractivity (Wildman–Crippen MR) is 46.5 cm³/mol. The van der Waals surface area contributed by atoms with Gasteiger partial charge in [0.15, 0.2) is 0 Å². The van der Waals surface area contributed by atoms with E-state index in [4.69, 9.17) is 9.47 Å². The van der Waals surface area contributed by atoms with Crippen LogP contribution in [0.1, 0.15) is 13.3 Å². The Morgan fingerprint density at radius 1 is 1.50 bits per heavy atom. The zero-order chi connectivity index (χ0) is 9.23. The summed E-state index contributed by atoms with van der Waals surface area (Å²) >= 11 is 0. The van der Waals surface area contributed by atoms with Crippen molar-refractivity contribution >= 4 is 5.97 Å². The van der Waals surface area contributed by atoms with Crippen LogP contribution < -0.4 is 0 Å². The minimum absolute atomic E-state index is 0.377. The Bertz CT molecular complexity index is 161. The highest BCUT2D eigenvalue weighted by molar-refractivity contribution is 5.81.